The lowest BCUT2D eigenvalue weighted by Crippen LogP contribution is -2.42. The molecular weight excluding hydrogens is 250 g/mol. The molecule has 3 unspecified atom stereocenters. The molecule has 0 aromatic carbocycles. The van der Waals surface area contributed by atoms with Crippen molar-refractivity contribution < 1.29 is 19.7 Å². The maximum absolute atomic E-state index is 11.9. The number of nitrogens with two attached hydrogens (primary N) is 1. The van der Waals surface area contributed by atoms with E-state index in [0.29, 0.717) is 12.0 Å². The summed E-state index contributed by atoms with van der Waals surface area (Å²) in [6.07, 6.45) is -1.27. The molecule has 2 amide bonds. The van der Waals surface area contributed by atoms with Crippen LogP contribution in [0.3, 0.4) is 0 Å². The first kappa shape index (κ1) is 15.6. The van der Waals surface area contributed by atoms with Gasteiger partial charge in [0.05, 0.1) is 12.7 Å². The molecule has 7 heteroatoms. The fraction of sp³-hybridized carbons (Fsp3) is 0.667. The van der Waals surface area contributed by atoms with Gasteiger partial charge in [-0.25, -0.2) is 4.79 Å². The van der Waals surface area contributed by atoms with Crippen LogP contribution < -0.4 is 5.73 Å². The third-order valence-electron chi connectivity index (χ3n) is 3.06. The monoisotopic (exact) mass is 271 g/mol. The number of rotatable bonds is 4. The highest BCUT2D eigenvalue weighted by atomic mass is 16.5. The summed E-state index contributed by atoms with van der Waals surface area (Å²) in [6.45, 7) is 5.34. The van der Waals surface area contributed by atoms with Crippen molar-refractivity contribution in [3.05, 3.63) is 12.2 Å². The van der Waals surface area contributed by atoms with Gasteiger partial charge in [-0.15, -0.1) is 0 Å². The zero-order chi connectivity index (χ0) is 14.6. The van der Waals surface area contributed by atoms with Crippen LogP contribution in [-0.2, 0) is 4.74 Å². The number of aliphatic hydroxyl groups is 2. The molecule has 1 rings (SSSR count). The zero-order valence-electron chi connectivity index (χ0n) is 11.2. The summed E-state index contributed by atoms with van der Waals surface area (Å²) in [6, 6.07) is -0.616. The van der Waals surface area contributed by atoms with E-state index < -0.39 is 24.5 Å². The van der Waals surface area contributed by atoms with E-state index in [-0.39, 0.29) is 18.9 Å². The van der Waals surface area contributed by atoms with Gasteiger partial charge in [-0.05, 0) is 12.0 Å². The van der Waals surface area contributed by atoms with Crippen molar-refractivity contribution in [1.29, 1.82) is 0 Å². The van der Waals surface area contributed by atoms with Crippen LogP contribution in [0.4, 0.5) is 4.79 Å². The summed E-state index contributed by atoms with van der Waals surface area (Å²) >= 11 is 0. The number of nitrogens with zero attached hydrogens (tertiary/aromatic N) is 2. The van der Waals surface area contributed by atoms with Crippen molar-refractivity contribution in [2.24, 2.45) is 10.7 Å². The van der Waals surface area contributed by atoms with Gasteiger partial charge in [-0.1, -0.05) is 13.5 Å². The molecule has 1 aliphatic heterocycles. The number of aliphatic imine (C=N–C) groups is 1. The fourth-order valence-electron chi connectivity index (χ4n) is 1.75. The van der Waals surface area contributed by atoms with Gasteiger partial charge in [-0.2, -0.15) is 4.99 Å². The van der Waals surface area contributed by atoms with Crippen molar-refractivity contribution in [2.75, 3.05) is 13.7 Å². The Morgan fingerprint density at radius 2 is 2.26 bits per heavy atom. The first-order chi connectivity index (χ1) is 8.90. The summed E-state index contributed by atoms with van der Waals surface area (Å²) < 4.78 is 5.35. The van der Waals surface area contributed by atoms with Gasteiger partial charge in [0.15, 0.2) is 6.23 Å². The Hall–Kier alpha value is -1.44. The van der Waals surface area contributed by atoms with Crippen LogP contribution in [0.2, 0.25) is 0 Å². The average Bonchev–Trinajstić information content (AvgIpc) is 2.77. The van der Waals surface area contributed by atoms with E-state index in [1.165, 1.54) is 7.05 Å². The normalized spacial score (nSPS) is 27.4. The Labute approximate surface area is 112 Å². The Balaban J connectivity index is 2.70. The van der Waals surface area contributed by atoms with E-state index in [2.05, 4.69) is 11.6 Å². The highest BCUT2D eigenvalue weighted by Gasteiger charge is 2.38. The predicted molar refractivity (Wildman–Crippen MR) is 70.6 cm³/mol. The molecule has 0 bridgehead atoms. The molecule has 1 aliphatic rings. The number of carbonyl (C=O) groups excluding carboxylic acids is 1. The molecule has 0 spiro atoms. The summed E-state index contributed by atoms with van der Waals surface area (Å²) in [4.78, 5) is 16.7. The minimum atomic E-state index is -0.850. The van der Waals surface area contributed by atoms with Gasteiger partial charge >= 0.3 is 6.03 Å². The van der Waals surface area contributed by atoms with Gasteiger partial charge < -0.3 is 20.7 Å². The molecule has 1 fully saturated rings. The zero-order valence-corrected chi connectivity index (χ0v) is 11.2. The van der Waals surface area contributed by atoms with Crippen LogP contribution in [0.5, 0.6) is 0 Å². The van der Waals surface area contributed by atoms with E-state index >= 15 is 0 Å². The van der Waals surface area contributed by atoms with Crippen molar-refractivity contribution in [2.45, 2.75) is 38.2 Å². The Kier molecular flexibility index (Phi) is 5.46. The third kappa shape index (κ3) is 3.76. The van der Waals surface area contributed by atoms with Crippen LogP contribution in [0.25, 0.3) is 0 Å². The minimum Gasteiger partial charge on any atom is -0.394 e. The lowest BCUT2D eigenvalue weighted by Gasteiger charge is -2.24. The molecule has 1 saturated heterocycles. The fourth-order valence-corrected chi connectivity index (χ4v) is 1.75. The molecule has 0 aromatic heterocycles. The Bertz CT molecular complexity index is 383. The molecule has 19 heavy (non-hydrogen) atoms. The highest BCUT2D eigenvalue weighted by molar-refractivity contribution is 6.02. The second-order valence-corrected chi connectivity index (χ2v) is 4.48. The van der Waals surface area contributed by atoms with Gasteiger partial charge in [0.2, 0.25) is 0 Å². The number of ether oxygens (including phenoxy) is 1. The summed E-state index contributed by atoms with van der Waals surface area (Å²) in [7, 11) is 1.46. The average molecular weight is 271 g/mol. The van der Waals surface area contributed by atoms with Crippen molar-refractivity contribution in [3.63, 3.8) is 0 Å². The van der Waals surface area contributed by atoms with Crippen LogP contribution in [0, 0.1) is 0 Å². The smallest absolute Gasteiger partial charge is 0.347 e. The maximum Gasteiger partial charge on any atom is 0.347 e. The van der Waals surface area contributed by atoms with E-state index in [0.717, 1.165) is 4.90 Å². The topological polar surface area (TPSA) is 108 Å². The maximum atomic E-state index is 11.9. The summed E-state index contributed by atoms with van der Waals surface area (Å²) in [5.41, 5.74) is 6.18. The molecule has 7 nitrogen and oxygen atoms in total. The van der Waals surface area contributed by atoms with Crippen LogP contribution in [0.15, 0.2) is 17.1 Å². The summed E-state index contributed by atoms with van der Waals surface area (Å²) in [5, 5.41) is 18.7. The number of aliphatic hydroxyl groups excluding tert-OH is 2. The second-order valence-electron chi connectivity index (χ2n) is 4.48. The molecule has 3 atom stereocenters. The quantitative estimate of drug-likeness (QED) is 0.486. The molecule has 0 aliphatic carbocycles. The molecule has 0 aromatic rings. The largest absolute Gasteiger partial charge is 0.394 e. The molecule has 108 valence electrons. The van der Waals surface area contributed by atoms with Crippen molar-refractivity contribution in [1.82, 2.24) is 4.90 Å². The van der Waals surface area contributed by atoms with E-state index in [1.54, 1.807) is 0 Å². The van der Waals surface area contributed by atoms with Gasteiger partial charge in [-0.3, -0.25) is 4.90 Å². The number of amides is 2. The highest BCUT2D eigenvalue weighted by Crippen LogP contribution is 2.22. The van der Waals surface area contributed by atoms with E-state index in [1.807, 2.05) is 6.92 Å². The van der Waals surface area contributed by atoms with Crippen molar-refractivity contribution in [3.8, 4) is 0 Å². The SMILES string of the molecule is C=C(CC)C(N)=NC(=O)N(C)C1OC(CO)CC1O. The van der Waals surface area contributed by atoms with E-state index in [4.69, 9.17) is 15.6 Å². The number of hydrogen-bond acceptors (Lipinski definition) is 4. The van der Waals surface area contributed by atoms with Crippen molar-refractivity contribution >= 4 is 11.9 Å². The first-order valence-corrected chi connectivity index (χ1v) is 6.14. The van der Waals surface area contributed by atoms with Gasteiger partial charge in [0.25, 0.3) is 0 Å². The van der Waals surface area contributed by atoms with E-state index in [9.17, 15) is 9.90 Å². The molecular formula is C12H21N3O4. The standard InChI is InChI=1S/C12H21N3O4/c1-4-7(2)10(13)14-12(18)15(3)11-9(17)5-8(6-16)19-11/h8-9,11,16-17H,2,4-6H2,1,3H3,(H2,13,14,18). The van der Waals surface area contributed by atoms with Crippen LogP contribution in [0.1, 0.15) is 19.8 Å². The number of hydrogen-bond donors (Lipinski definition) is 3. The lowest BCUT2D eigenvalue weighted by molar-refractivity contribution is -0.0694. The summed E-state index contributed by atoms with van der Waals surface area (Å²) in [5.74, 6) is 0.0746. The Morgan fingerprint density at radius 3 is 2.74 bits per heavy atom. The Morgan fingerprint density at radius 1 is 1.63 bits per heavy atom. The third-order valence-corrected chi connectivity index (χ3v) is 3.06. The van der Waals surface area contributed by atoms with Gasteiger partial charge in [0.1, 0.15) is 11.9 Å². The van der Waals surface area contributed by atoms with Crippen LogP contribution >= 0.6 is 0 Å². The molecule has 4 N–H and O–H groups in total. The number of urea groups is 1. The van der Waals surface area contributed by atoms with Gasteiger partial charge in [0, 0.05) is 13.5 Å². The number of carbonyl (C=O) groups is 1. The lowest BCUT2D eigenvalue weighted by atomic mass is 10.2. The predicted octanol–water partition coefficient (Wildman–Crippen LogP) is -0.170. The molecule has 0 radical (unpaired) electrons. The molecule has 0 saturated carbocycles. The van der Waals surface area contributed by atoms with Crippen LogP contribution in [-0.4, -0.2) is 59.1 Å². The minimum absolute atomic E-state index is 0.0746. The molecule has 1 heterocycles. The second kappa shape index (κ2) is 6.65. The first-order valence-electron chi connectivity index (χ1n) is 6.14. The number of likely N-dealkylation sites (N-methyl/N-ethyl adjacent to an activating group) is 1. The number of amidine groups is 1.